The van der Waals surface area contributed by atoms with E-state index in [0.29, 0.717) is 41.4 Å². The molecule has 0 aliphatic carbocycles. The molecule has 0 amide bonds. The van der Waals surface area contributed by atoms with E-state index in [1.54, 1.807) is 6.20 Å². The van der Waals surface area contributed by atoms with Gasteiger partial charge in [0.05, 0.1) is 37.8 Å². The summed E-state index contributed by atoms with van der Waals surface area (Å²) in [6, 6.07) is 0.713. The van der Waals surface area contributed by atoms with Gasteiger partial charge in [0.25, 0.3) is 5.88 Å². The number of hydrogen-bond donors (Lipinski definition) is 2. The van der Waals surface area contributed by atoms with E-state index >= 15 is 0 Å². The van der Waals surface area contributed by atoms with Gasteiger partial charge in [-0.1, -0.05) is 11.6 Å². The lowest BCUT2D eigenvalue weighted by Gasteiger charge is -2.26. The highest BCUT2D eigenvalue weighted by Crippen LogP contribution is 2.32. The molecular weight excluding hydrogens is 394 g/mol. The fraction of sp³-hybridized carbons (Fsp3) is 0.632. The average molecular weight is 420 g/mol. The number of likely N-dealkylation sites (tertiary alicyclic amines) is 1. The topological polar surface area (TPSA) is 89.4 Å². The van der Waals surface area contributed by atoms with Crippen LogP contribution in [-0.2, 0) is 11.3 Å². The Morgan fingerprint density at radius 2 is 2.24 bits per heavy atom. The van der Waals surface area contributed by atoms with Crippen molar-refractivity contribution in [1.29, 1.82) is 0 Å². The highest BCUT2D eigenvalue weighted by atomic mass is 35.5. The van der Waals surface area contributed by atoms with Crippen LogP contribution in [0.25, 0.3) is 0 Å². The maximum absolute atomic E-state index is 6.25. The predicted molar refractivity (Wildman–Crippen MR) is 110 cm³/mol. The molecule has 4 bridgehead atoms. The molecule has 3 aliphatic heterocycles. The Labute approximate surface area is 174 Å². The third-order valence-corrected chi connectivity index (χ3v) is 6.22. The molecule has 2 N–H and O–H groups in total. The van der Waals surface area contributed by atoms with Gasteiger partial charge in [-0.2, -0.15) is 4.98 Å². The zero-order chi connectivity index (χ0) is 20.0. The van der Waals surface area contributed by atoms with Crippen molar-refractivity contribution in [3.63, 3.8) is 0 Å². The summed E-state index contributed by atoms with van der Waals surface area (Å²) in [5.41, 5.74) is 1.81. The van der Waals surface area contributed by atoms with Gasteiger partial charge in [0.2, 0.25) is 5.95 Å². The van der Waals surface area contributed by atoms with Crippen LogP contribution in [0.15, 0.2) is 6.20 Å². The molecule has 9 nitrogen and oxygen atoms in total. The van der Waals surface area contributed by atoms with Crippen LogP contribution in [-0.4, -0.2) is 69.1 Å². The highest BCUT2D eigenvalue weighted by molar-refractivity contribution is 6.32. The second-order valence-electron chi connectivity index (χ2n) is 8.03. The molecule has 0 spiro atoms. The molecule has 0 saturated carbocycles. The molecule has 2 aromatic rings. The Kier molecular flexibility index (Phi) is 4.97. The van der Waals surface area contributed by atoms with Crippen LogP contribution in [0.4, 0.5) is 17.5 Å². The number of rotatable bonds is 3. The Bertz CT molecular complexity index is 905. The maximum Gasteiger partial charge on any atom is 0.257 e. The highest BCUT2D eigenvalue weighted by Gasteiger charge is 2.38. The summed E-state index contributed by atoms with van der Waals surface area (Å²) in [7, 11) is 0. The summed E-state index contributed by atoms with van der Waals surface area (Å²) in [5, 5.41) is 11.8. The minimum absolute atomic E-state index is 0.160. The average Bonchev–Trinajstić information content (AvgIpc) is 3.39. The van der Waals surface area contributed by atoms with Crippen LogP contribution in [0.2, 0.25) is 5.02 Å². The molecule has 3 aliphatic rings. The Balaban J connectivity index is 1.38. The number of halogens is 1. The molecule has 29 heavy (non-hydrogen) atoms. The van der Waals surface area contributed by atoms with Gasteiger partial charge in [0.1, 0.15) is 10.7 Å². The van der Waals surface area contributed by atoms with E-state index in [4.69, 9.17) is 26.2 Å². The first-order valence-electron chi connectivity index (χ1n) is 10.2. The van der Waals surface area contributed by atoms with E-state index in [1.165, 1.54) is 0 Å². The summed E-state index contributed by atoms with van der Waals surface area (Å²) < 4.78 is 13.7. The molecule has 0 radical (unpaired) electrons. The standard InChI is InChI=1S/C19H26ClN7O2/c1-11-3-6-28-18-16(23-19-21-8-15(20)17(22-11)24-19)12(2)27(25-18)5-4-26-9-14-7-13(26)10-29-14/h8,11,13-14H,3-7,9-10H2,1-2H3,(H2,21,22,23,24)/t11?,13-,14-/m1/s1. The molecule has 2 saturated heterocycles. The fourth-order valence-electron chi connectivity index (χ4n) is 4.24. The van der Waals surface area contributed by atoms with Crippen molar-refractivity contribution >= 4 is 29.1 Å². The SMILES string of the molecule is Cc1c2c(nn1CCN1C[C@H]3C[C@@H]1CO3)OCCC(C)Nc1nc(ncc1Cl)N2. The first kappa shape index (κ1) is 18.9. The van der Waals surface area contributed by atoms with E-state index in [0.717, 1.165) is 50.5 Å². The smallest absolute Gasteiger partial charge is 0.257 e. The van der Waals surface area contributed by atoms with Gasteiger partial charge < -0.3 is 20.1 Å². The summed E-state index contributed by atoms with van der Waals surface area (Å²) in [5.74, 6) is 1.67. The van der Waals surface area contributed by atoms with Crippen molar-refractivity contribution in [1.82, 2.24) is 24.6 Å². The lowest BCUT2D eigenvalue weighted by Crippen LogP contribution is -2.39. The summed E-state index contributed by atoms with van der Waals surface area (Å²) in [6.45, 7) is 8.29. The lowest BCUT2D eigenvalue weighted by molar-refractivity contribution is 0.0289. The second kappa shape index (κ2) is 7.62. The predicted octanol–water partition coefficient (Wildman–Crippen LogP) is 2.43. The molecule has 1 unspecified atom stereocenters. The number of anilines is 3. The first-order valence-corrected chi connectivity index (χ1v) is 10.6. The van der Waals surface area contributed by atoms with Gasteiger partial charge in [-0.3, -0.25) is 9.58 Å². The summed E-state index contributed by atoms with van der Waals surface area (Å²) in [4.78, 5) is 11.3. The minimum Gasteiger partial charge on any atom is -0.475 e. The van der Waals surface area contributed by atoms with Crippen LogP contribution in [0.5, 0.6) is 5.88 Å². The molecule has 3 atom stereocenters. The molecule has 2 fully saturated rings. The molecule has 2 aromatic heterocycles. The number of hydrogen-bond acceptors (Lipinski definition) is 8. The van der Waals surface area contributed by atoms with Crippen molar-refractivity contribution in [3.05, 3.63) is 16.9 Å². The van der Waals surface area contributed by atoms with E-state index in [9.17, 15) is 0 Å². The second-order valence-corrected chi connectivity index (χ2v) is 8.43. The largest absolute Gasteiger partial charge is 0.475 e. The Morgan fingerprint density at radius 1 is 1.34 bits per heavy atom. The zero-order valence-corrected chi connectivity index (χ0v) is 17.4. The van der Waals surface area contributed by atoms with Gasteiger partial charge in [0, 0.05) is 31.6 Å². The van der Waals surface area contributed by atoms with Gasteiger partial charge in [0.15, 0.2) is 5.82 Å². The third kappa shape index (κ3) is 3.74. The number of nitrogens with one attached hydrogen (secondary N) is 2. The van der Waals surface area contributed by atoms with E-state index < -0.39 is 0 Å². The number of ether oxygens (including phenoxy) is 2. The summed E-state index contributed by atoms with van der Waals surface area (Å²) in [6.07, 6.45) is 3.97. The number of fused-ring (bicyclic) bond motifs is 5. The lowest BCUT2D eigenvalue weighted by atomic mass is 10.2. The van der Waals surface area contributed by atoms with Gasteiger partial charge in [-0.15, -0.1) is 5.10 Å². The fourth-order valence-corrected chi connectivity index (χ4v) is 4.38. The number of nitrogens with zero attached hydrogens (tertiary/aromatic N) is 5. The zero-order valence-electron chi connectivity index (χ0n) is 16.7. The van der Waals surface area contributed by atoms with Gasteiger partial charge in [-0.25, -0.2) is 4.98 Å². The van der Waals surface area contributed by atoms with Crippen molar-refractivity contribution in [2.75, 3.05) is 36.9 Å². The minimum atomic E-state index is 0.160. The molecule has 0 aromatic carbocycles. The van der Waals surface area contributed by atoms with Crippen molar-refractivity contribution in [2.45, 2.75) is 51.4 Å². The van der Waals surface area contributed by atoms with Crippen molar-refractivity contribution in [2.24, 2.45) is 0 Å². The first-order chi connectivity index (χ1) is 14.1. The van der Waals surface area contributed by atoms with Crippen LogP contribution in [0.3, 0.4) is 0 Å². The maximum atomic E-state index is 6.25. The molecular formula is C19H26ClN7O2. The van der Waals surface area contributed by atoms with E-state index in [1.807, 2.05) is 11.6 Å². The van der Waals surface area contributed by atoms with Gasteiger partial charge in [-0.05, 0) is 20.3 Å². The quantitative estimate of drug-likeness (QED) is 0.784. The van der Waals surface area contributed by atoms with Crippen LogP contribution >= 0.6 is 11.6 Å². The Hall–Kier alpha value is -2.10. The number of aromatic nitrogens is 4. The molecule has 5 heterocycles. The molecule has 156 valence electrons. The monoisotopic (exact) mass is 419 g/mol. The van der Waals surface area contributed by atoms with Crippen molar-refractivity contribution < 1.29 is 9.47 Å². The Morgan fingerprint density at radius 3 is 3.03 bits per heavy atom. The normalized spacial score (nSPS) is 26.2. The van der Waals surface area contributed by atoms with E-state index in [-0.39, 0.29) is 6.04 Å². The molecule has 5 rings (SSSR count). The number of morpholine rings is 1. The van der Waals surface area contributed by atoms with Crippen LogP contribution in [0.1, 0.15) is 25.5 Å². The van der Waals surface area contributed by atoms with Crippen LogP contribution in [0, 0.1) is 6.92 Å². The summed E-state index contributed by atoms with van der Waals surface area (Å²) >= 11 is 6.25. The van der Waals surface area contributed by atoms with Crippen LogP contribution < -0.4 is 15.4 Å². The van der Waals surface area contributed by atoms with Gasteiger partial charge >= 0.3 is 0 Å². The van der Waals surface area contributed by atoms with E-state index in [2.05, 4.69) is 32.4 Å². The molecule has 10 heteroatoms. The van der Waals surface area contributed by atoms with Crippen molar-refractivity contribution in [3.8, 4) is 5.88 Å². The third-order valence-electron chi connectivity index (χ3n) is 5.94.